The molecule has 3 saturated carbocycles. The molecule has 7 N–H and O–H groups in total. The first kappa shape index (κ1) is 37.8. The molecule has 4 heterocycles. The van der Waals surface area contributed by atoms with Crippen LogP contribution in [-0.2, 0) is 49.5 Å². The molecule has 11 atom stereocenters. The first-order valence-corrected chi connectivity index (χ1v) is 18.9. The lowest BCUT2D eigenvalue weighted by Crippen LogP contribution is -2.69. The fraction of sp³-hybridized carbons (Fsp3) is 0.703. The third-order valence-corrected chi connectivity index (χ3v) is 11.8. The molecule has 0 radical (unpaired) electrons. The number of amides is 2. The Balaban J connectivity index is 0.970. The fourth-order valence-corrected chi connectivity index (χ4v) is 8.86. The zero-order valence-corrected chi connectivity index (χ0v) is 29.7. The van der Waals surface area contributed by atoms with Gasteiger partial charge in [0.05, 0.1) is 26.4 Å². The highest BCUT2D eigenvalue weighted by Crippen LogP contribution is 2.63. The van der Waals surface area contributed by atoms with Gasteiger partial charge in [0, 0.05) is 37.8 Å². The smallest absolute Gasteiger partial charge is 0.327 e. The Labute approximate surface area is 311 Å². The second-order valence-electron chi connectivity index (χ2n) is 15.4. The number of hydrogen-bond donors (Lipinski definition) is 7. The number of ether oxygens (including phenoxy) is 5. The normalized spacial score (nSPS) is 38.3. The molecular weight excluding hydrogens is 710 g/mol. The maximum Gasteiger partial charge on any atom is 0.327 e. The van der Waals surface area contributed by atoms with Crippen molar-refractivity contribution in [3.05, 3.63) is 41.5 Å². The van der Waals surface area contributed by atoms with Gasteiger partial charge in [-0.2, -0.15) is 5.06 Å². The lowest BCUT2D eigenvalue weighted by molar-refractivity contribution is -0.298. The fourth-order valence-electron chi connectivity index (χ4n) is 8.86. The summed E-state index contributed by atoms with van der Waals surface area (Å²) in [7, 11) is 0. The van der Waals surface area contributed by atoms with Gasteiger partial charge >= 0.3 is 5.97 Å². The number of nitrogens with one attached hydrogen (secondary N) is 2. The van der Waals surface area contributed by atoms with Gasteiger partial charge in [-0.05, 0) is 36.8 Å². The molecule has 17 nitrogen and oxygen atoms in total. The second-order valence-corrected chi connectivity index (χ2v) is 15.4. The Morgan fingerprint density at radius 3 is 2.35 bits per heavy atom. The van der Waals surface area contributed by atoms with Gasteiger partial charge in [-0.3, -0.25) is 19.2 Å². The SMILES string of the molecule is O=C(CCNC(=O)[C@@]12C[C@H]3OC(=O)[C@@H]1N(Cc1ccc(C=CCO[C@H]4O[C@H](CO)[C@H](O)[C@H](O)[C@H]4O)cc1)O[C@@H]2[C@H]1OC(C2CC2)(C2CC2)O[C@H]13)NCCO. The van der Waals surface area contributed by atoms with Crippen LogP contribution in [0, 0.1) is 17.3 Å². The van der Waals surface area contributed by atoms with Gasteiger partial charge in [0.25, 0.3) is 0 Å². The van der Waals surface area contributed by atoms with E-state index in [1.54, 1.807) is 12.2 Å². The monoisotopic (exact) mass is 759 g/mol. The van der Waals surface area contributed by atoms with Crippen molar-refractivity contribution < 1.29 is 68.4 Å². The van der Waals surface area contributed by atoms with E-state index in [-0.39, 0.29) is 63.4 Å². The summed E-state index contributed by atoms with van der Waals surface area (Å²) >= 11 is 0. The number of hydrogen-bond acceptors (Lipinski definition) is 15. The number of carbonyl (C=O) groups is 3. The van der Waals surface area contributed by atoms with Gasteiger partial charge in [-0.25, -0.2) is 0 Å². The molecule has 0 aromatic heterocycles. The van der Waals surface area contributed by atoms with Gasteiger partial charge in [0.1, 0.15) is 54.2 Å². The van der Waals surface area contributed by atoms with E-state index in [1.165, 1.54) is 5.06 Å². The van der Waals surface area contributed by atoms with Crippen molar-refractivity contribution in [2.24, 2.45) is 17.3 Å². The van der Waals surface area contributed by atoms with Crippen LogP contribution in [-0.4, -0.2) is 148 Å². The summed E-state index contributed by atoms with van der Waals surface area (Å²) in [4.78, 5) is 47.2. The molecule has 0 spiro atoms. The number of aliphatic hydroxyl groups is 5. The van der Waals surface area contributed by atoms with Gasteiger partial charge in [0.15, 0.2) is 18.1 Å². The van der Waals surface area contributed by atoms with Crippen LogP contribution >= 0.6 is 0 Å². The number of hydroxylamine groups is 2. The van der Waals surface area contributed by atoms with Crippen LogP contribution in [0.1, 0.15) is 49.7 Å². The lowest BCUT2D eigenvalue weighted by atomic mass is 9.62. The largest absolute Gasteiger partial charge is 0.458 e. The zero-order valence-electron chi connectivity index (χ0n) is 29.7. The zero-order chi connectivity index (χ0) is 37.8. The van der Waals surface area contributed by atoms with Gasteiger partial charge in [-0.1, -0.05) is 36.4 Å². The summed E-state index contributed by atoms with van der Waals surface area (Å²) in [6, 6.07) is 6.35. The first-order valence-electron chi connectivity index (χ1n) is 18.9. The minimum absolute atomic E-state index is 0.00555. The van der Waals surface area contributed by atoms with E-state index < -0.39 is 90.8 Å². The van der Waals surface area contributed by atoms with E-state index in [0.29, 0.717) is 0 Å². The van der Waals surface area contributed by atoms with Gasteiger partial charge in [0.2, 0.25) is 11.8 Å². The highest BCUT2D eigenvalue weighted by atomic mass is 16.8. The standard InChI is InChI=1S/C37H49N3O14/c41-14-13-38-25(43)11-12-39-35(48)36-16-23-29-30(53-37(52-29,21-7-8-21)22-9-10-22)32(36)54-40(31(36)33(47)50-23)17-20-5-3-19(4-6-20)2-1-15-49-34-28(46)27(45)26(44)24(18-42)51-34/h1-6,21-24,26-32,34,41-42,44-46H,7-18H2,(H,38,43)(H,39,48)/t23-,24-,26+,27+,28-,29+,30+,31+,32-,34+,36+/m1/s1. The van der Waals surface area contributed by atoms with E-state index >= 15 is 0 Å². The third-order valence-electron chi connectivity index (χ3n) is 11.8. The quantitative estimate of drug-likeness (QED) is 0.0981. The first-order chi connectivity index (χ1) is 26.1. The minimum Gasteiger partial charge on any atom is -0.458 e. The number of aliphatic hydroxyl groups excluding tert-OH is 5. The van der Waals surface area contributed by atoms with Crippen LogP contribution in [0.3, 0.4) is 0 Å². The summed E-state index contributed by atoms with van der Waals surface area (Å²) in [6.07, 6.45) is -2.00. The second kappa shape index (κ2) is 15.1. The van der Waals surface area contributed by atoms with Crippen molar-refractivity contribution in [2.75, 3.05) is 32.9 Å². The summed E-state index contributed by atoms with van der Waals surface area (Å²) in [6.45, 7) is -0.454. The van der Waals surface area contributed by atoms with E-state index in [1.807, 2.05) is 24.3 Å². The summed E-state index contributed by atoms with van der Waals surface area (Å²) in [5.74, 6) is -1.61. The van der Waals surface area contributed by atoms with Crippen molar-refractivity contribution in [2.45, 2.75) is 112 Å². The molecule has 4 saturated heterocycles. The van der Waals surface area contributed by atoms with Crippen LogP contribution in [0.25, 0.3) is 6.08 Å². The van der Waals surface area contributed by atoms with Gasteiger partial charge in [-0.15, -0.1) is 0 Å². The van der Waals surface area contributed by atoms with E-state index in [0.717, 1.165) is 36.8 Å². The topological polar surface area (TPSA) is 235 Å². The average Bonchev–Trinajstić information content (AvgIpc) is 4.12. The molecular formula is C37H49N3O14. The van der Waals surface area contributed by atoms with Crippen molar-refractivity contribution in [3.8, 4) is 0 Å². The van der Waals surface area contributed by atoms with Crippen LogP contribution in [0.2, 0.25) is 0 Å². The number of benzene rings is 1. The van der Waals surface area contributed by atoms with Crippen LogP contribution < -0.4 is 10.6 Å². The molecule has 1 aromatic carbocycles. The number of carbonyl (C=O) groups excluding carboxylic acids is 3. The molecule has 7 aliphatic rings. The molecule has 2 amide bonds. The van der Waals surface area contributed by atoms with Crippen molar-refractivity contribution in [1.29, 1.82) is 0 Å². The molecule has 8 rings (SSSR count). The Hall–Kier alpha value is -3.07. The van der Waals surface area contributed by atoms with Crippen LogP contribution in [0.15, 0.2) is 30.3 Å². The molecule has 0 unspecified atom stereocenters. The highest BCUT2D eigenvalue weighted by molar-refractivity contribution is 5.94. The van der Waals surface area contributed by atoms with Crippen molar-refractivity contribution in [3.63, 3.8) is 0 Å². The van der Waals surface area contributed by atoms with Crippen LogP contribution in [0.5, 0.6) is 0 Å². The molecule has 2 bridgehead atoms. The number of fused-ring (bicyclic) bond motifs is 4. The Kier molecular flexibility index (Phi) is 10.6. The molecule has 1 aromatic rings. The van der Waals surface area contributed by atoms with Crippen molar-refractivity contribution in [1.82, 2.24) is 15.7 Å². The molecule has 54 heavy (non-hydrogen) atoms. The van der Waals surface area contributed by atoms with E-state index in [9.17, 15) is 34.8 Å². The summed E-state index contributed by atoms with van der Waals surface area (Å²) in [5.41, 5.74) is 0.237. The number of nitrogens with zero attached hydrogens (tertiary/aromatic N) is 1. The van der Waals surface area contributed by atoms with Crippen LogP contribution in [0.4, 0.5) is 0 Å². The predicted molar refractivity (Wildman–Crippen MR) is 182 cm³/mol. The highest BCUT2D eigenvalue weighted by Gasteiger charge is 2.78. The number of esters is 1. The number of rotatable bonds is 15. The predicted octanol–water partition coefficient (Wildman–Crippen LogP) is -1.77. The third kappa shape index (κ3) is 6.76. The lowest BCUT2D eigenvalue weighted by Gasteiger charge is -2.48. The molecule has 3 aliphatic carbocycles. The summed E-state index contributed by atoms with van der Waals surface area (Å²) < 4.78 is 30.6. The molecule has 4 aliphatic heterocycles. The molecule has 7 fully saturated rings. The average molecular weight is 760 g/mol. The minimum atomic E-state index is -1.53. The maximum absolute atomic E-state index is 14.4. The Bertz CT molecular complexity index is 1570. The summed E-state index contributed by atoms with van der Waals surface area (Å²) in [5, 5.41) is 55.6. The van der Waals surface area contributed by atoms with Crippen molar-refractivity contribution >= 4 is 23.9 Å². The Morgan fingerprint density at radius 1 is 0.944 bits per heavy atom. The van der Waals surface area contributed by atoms with Gasteiger partial charge < -0.3 is 59.9 Å². The maximum atomic E-state index is 14.4. The van der Waals surface area contributed by atoms with E-state index in [4.69, 9.17) is 33.6 Å². The Morgan fingerprint density at radius 2 is 1.67 bits per heavy atom. The molecule has 17 heteroatoms. The van der Waals surface area contributed by atoms with E-state index in [2.05, 4.69) is 10.6 Å². The molecule has 296 valence electrons.